The summed E-state index contributed by atoms with van der Waals surface area (Å²) in [5, 5.41) is 11.5. The number of hydrogen-bond acceptors (Lipinski definition) is 2. The number of carbonyl (C=O) groups is 2. The second-order valence-electron chi connectivity index (χ2n) is 4.65. The molecular weight excluding hydrogens is 218 g/mol. The highest BCUT2D eigenvalue weighted by molar-refractivity contribution is 5.98. The first-order valence-corrected chi connectivity index (χ1v) is 5.59. The van der Waals surface area contributed by atoms with Crippen molar-refractivity contribution in [3.05, 3.63) is 29.3 Å². The molecule has 17 heavy (non-hydrogen) atoms. The molecule has 2 unspecified atom stereocenters. The third-order valence-corrected chi connectivity index (χ3v) is 2.93. The fourth-order valence-electron chi connectivity index (χ4n) is 2.04. The van der Waals surface area contributed by atoms with E-state index in [1.54, 1.807) is 0 Å². The number of carboxylic acids is 1. The lowest BCUT2D eigenvalue weighted by atomic mass is 10.1. The number of aryl methyl sites for hydroxylation is 2. The van der Waals surface area contributed by atoms with E-state index in [4.69, 9.17) is 5.11 Å². The van der Waals surface area contributed by atoms with Crippen LogP contribution in [0.2, 0.25) is 0 Å². The van der Waals surface area contributed by atoms with Gasteiger partial charge in [-0.2, -0.15) is 0 Å². The van der Waals surface area contributed by atoms with Gasteiger partial charge in [0.2, 0.25) is 5.91 Å². The van der Waals surface area contributed by atoms with Gasteiger partial charge in [-0.25, -0.2) is 0 Å². The second kappa shape index (κ2) is 4.20. The Morgan fingerprint density at radius 2 is 1.76 bits per heavy atom. The van der Waals surface area contributed by atoms with Crippen molar-refractivity contribution in [2.24, 2.45) is 11.8 Å². The zero-order valence-corrected chi connectivity index (χ0v) is 9.86. The summed E-state index contributed by atoms with van der Waals surface area (Å²) < 4.78 is 0. The highest BCUT2D eigenvalue weighted by Gasteiger charge is 2.48. The van der Waals surface area contributed by atoms with Gasteiger partial charge < -0.3 is 10.4 Å². The molecule has 0 spiro atoms. The van der Waals surface area contributed by atoms with Crippen LogP contribution in [0, 0.1) is 25.7 Å². The number of amides is 1. The van der Waals surface area contributed by atoms with Crippen LogP contribution in [-0.4, -0.2) is 17.0 Å². The number of benzene rings is 1. The van der Waals surface area contributed by atoms with Crippen molar-refractivity contribution in [3.63, 3.8) is 0 Å². The van der Waals surface area contributed by atoms with E-state index < -0.39 is 11.9 Å². The predicted octanol–water partition coefficient (Wildman–Crippen LogP) is 1.96. The lowest BCUT2D eigenvalue weighted by molar-refractivity contribution is -0.139. The van der Waals surface area contributed by atoms with Crippen molar-refractivity contribution in [2.45, 2.75) is 20.3 Å². The smallest absolute Gasteiger partial charge is 0.307 e. The van der Waals surface area contributed by atoms with E-state index in [0.717, 1.165) is 16.8 Å². The molecule has 90 valence electrons. The quantitative estimate of drug-likeness (QED) is 0.838. The van der Waals surface area contributed by atoms with Crippen molar-refractivity contribution < 1.29 is 14.7 Å². The van der Waals surface area contributed by atoms with E-state index in [9.17, 15) is 9.59 Å². The molecule has 0 saturated heterocycles. The molecule has 2 atom stereocenters. The van der Waals surface area contributed by atoms with Crippen LogP contribution < -0.4 is 5.32 Å². The molecule has 2 N–H and O–H groups in total. The van der Waals surface area contributed by atoms with Gasteiger partial charge in [0.1, 0.15) is 0 Å². The molecule has 1 saturated carbocycles. The van der Waals surface area contributed by atoms with Gasteiger partial charge in [0, 0.05) is 5.69 Å². The summed E-state index contributed by atoms with van der Waals surface area (Å²) in [6, 6.07) is 5.78. The predicted molar refractivity (Wildman–Crippen MR) is 63.8 cm³/mol. The molecule has 1 aromatic rings. The molecule has 0 bridgehead atoms. The molecule has 2 rings (SSSR count). The average Bonchev–Trinajstić information content (AvgIpc) is 2.94. The number of aliphatic carboxylic acids is 1. The van der Waals surface area contributed by atoms with Crippen LogP contribution in [0.25, 0.3) is 0 Å². The third kappa shape index (κ3) is 2.64. The summed E-state index contributed by atoms with van der Waals surface area (Å²) in [5.74, 6) is -1.94. The fourth-order valence-corrected chi connectivity index (χ4v) is 2.04. The van der Waals surface area contributed by atoms with Crippen LogP contribution in [-0.2, 0) is 9.59 Å². The van der Waals surface area contributed by atoms with Crippen molar-refractivity contribution in [1.82, 2.24) is 0 Å². The molecule has 0 heterocycles. The molecule has 1 fully saturated rings. The maximum Gasteiger partial charge on any atom is 0.307 e. The highest BCUT2D eigenvalue weighted by atomic mass is 16.4. The SMILES string of the molecule is Cc1cc(C)cc(NC(=O)C2CC2C(=O)O)c1. The Labute approximate surface area is 99.6 Å². The molecule has 0 aromatic heterocycles. The van der Waals surface area contributed by atoms with Crippen LogP contribution >= 0.6 is 0 Å². The number of carbonyl (C=O) groups excluding carboxylic acids is 1. The van der Waals surface area contributed by atoms with E-state index in [1.165, 1.54) is 0 Å². The summed E-state index contributed by atoms with van der Waals surface area (Å²) >= 11 is 0. The van der Waals surface area contributed by atoms with Crippen LogP contribution in [0.5, 0.6) is 0 Å². The fraction of sp³-hybridized carbons (Fsp3) is 0.385. The van der Waals surface area contributed by atoms with E-state index >= 15 is 0 Å². The molecular formula is C13H15NO3. The third-order valence-electron chi connectivity index (χ3n) is 2.93. The standard InChI is InChI=1S/C13H15NO3/c1-7-3-8(2)5-9(4-7)14-12(15)10-6-11(10)13(16)17/h3-5,10-11H,6H2,1-2H3,(H,14,15)(H,16,17). The normalized spacial score (nSPS) is 22.0. The Morgan fingerprint density at radius 3 is 2.24 bits per heavy atom. The van der Waals surface area contributed by atoms with Crippen molar-refractivity contribution in [3.8, 4) is 0 Å². The van der Waals surface area contributed by atoms with Gasteiger partial charge in [-0.15, -0.1) is 0 Å². The van der Waals surface area contributed by atoms with Crippen LogP contribution in [0.3, 0.4) is 0 Å². The topological polar surface area (TPSA) is 66.4 Å². The molecule has 1 aliphatic rings. The zero-order chi connectivity index (χ0) is 12.6. The maximum atomic E-state index is 11.7. The van der Waals surface area contributed by atoms with Gasteiger partial charge in [-0.3, -0.25) is 9.59 Å². The Hall–Kier alpha value is -1.84. The zero-order valence-electron chi connectivity index (χ0n) is 9.86. The molecule has 1 aromatic carbocycles. The molecule has 4 heteroatoms. The highest BCUT2D eigenvalue weighted by Crippen LogP contribution is 2.39. The Balaban J connectivity index is 2.02. The number of hydrogen-bond donors (Lipinski definition) is 2. The molecule has 1 amide bonds. The van der Waals surface area contributed by atoms with Crippen LogP contribution in [0.15, 0.2) is 18.2 Å². The minimum absolute atomic E-state index is 0.192. The van der Waals surface area contributed by atoms with Crippen molar-refractivity contribution in [2.75, 3.05) is 5.32 Å². The Bertz CT molecular complexity index is 461. The maximum absolute atomic E-state index is 11.7. The molecule has 0 aliphatic heterocycles. The minimum Gasteiger partial charge on any atom is -0.481 e. The first-order chi connectivity index (χ1) is 7.97. The van der Waals surface area contributed by atoms with Gasteiger partial charge in [0.25, 0.3) is 0 Å². The Kier molecular flexibility index (Phi) is 2.88. The average molecular weight is 233 g/mol. The van der Waals surface area contributed by atoms with Crippen molar-refractivity contribution in [1.29, 1.82) is 0 Å². The molecule has 0 radical (unpaired) electrons. The minimum atomic E-state index is -0.884. The summed E-state index contributed by atoms with van der Waals surface area (Å²) in [6.07, 6.45) is 0.450. The van der Waals surface area contributed by atoms with Gasteiger partial charge in [0.15, 0.2) is 0 Å². The summed E-state index contributed by atoms with van der Waals surface area (Å²) in [5.41, 5.74) is 2.89. The van der Waals surface area contributed by atoms with Gasteiger partial charge >= 0.3 is 5.97 Å². The number of nitrogens with one attached hydrogen (secondary N) is 1. The van der Waals surface area contributed by atoms with E-state index in [0.29, 0.717) is 6.42 Å². The first kappa shape index (κ1) is 11.6. The van der Waals surface area contributed by atoms with Crippen LogP contribution in [0.4, 0.5) is 5.69 Å². The number of rotatable bonds is 3. The summed E-state index contributed by atoms with van der Waals surface area (Å²) in [6.45, 7) is 3.92. The Morgan fingerprint density at radius 1 is 1.18 bits per heavy atom. The lowest BCUT2D eigenvalue weighted by Gasteiger charge is -2.06. The summed E-state index contributed by atoms with van der Waals surface area (Å²) in [4.78, 5) is 22.4. The van der Waals surface area contributed by atoms with E-state index in [-0.39, 0.29) is 11.8 Å². The largest absolute Gasteiger partial charge is 0.481 e. The van der Waals surface area contributed by atoms with E-state index in [2.05, 4.69) is 5.32 Å². The van der Waals surface area contributed by atoms with Crippen molar-refractivity contribution >= 4 is 17.6 Å². The van der Waals surface area contributed by atoms with Gasteiger partial charge in [-0.1, -0.05) is 6.07 Å². The van der Waals surface area contributed by atoms with Gasteiger partial charge in [0.05, 0.1) is 11.8 Å². The summed E-state index contributed by atoms with van der Waals surface area (Å²) in [7, 11) is 0. The first-order valence-electron chi connectivity index (χ1n) is 5.59. The molecule has 4 nitrogen and oxygen atoms in total. The lowest BCUT2D eigenvalue weighted by Crippen LogP contribution is -2.16. The second-order valence-corrected chi connectivity index (χ2v) is 4.65. The van der Waals surface area contributed by atoms with Gasteiger partial charge in [-0.05, 0) is 43.5 Å². The van der Waals surface area contributed by atoms with Crippen LogP contribution in [0.1, 0.15) is 17.5 Å². The molecule has 1 aliphatic carbocycles. The number of anilines is 1. The monoisotopic (exact) mass is 233 g/mol. The number of carboxylic acid groups (broad SMARTS) is 1. The van der Waals surface area contributed by atoms with E-state index in [1.807, 2.05) is 32.0 Å².